The summed E-state index contributed by atoms with van der Waals surface area (Å²) in [5, 5.41) is 9.37. The molecule has 1 aliphatic rings. The smallest absolute Gasteiger partial charge is 0.289 e. The molecule has 1 aromatic heterocycles. The Morgan fingerprint density at radius 3 is 2.89 bits per heavy atom. The molecule has 0 spiro atoms. The number of aliphatic hydroxyl groups is 1. The van der Waals surface area contributed by atoms with Gasteiger partial charge in [0.25, 0.3) is 5.91 Å². The van der Waals surface area contributed by atoms with Gasteiger partial charge in [-0.1, -0.05) is 6.92 Å². The predicted molar refractivity (Wildman–Crippen MR) is 70.1 cm³/mol. The summed E-state index contributed by atoms with van der Waals surface area (Å²) in [6.07, 6.45) is 1.42. The van der Waals surface area contributed by atoms with Crippen LogP contribution in [0.3, 0.4) is 0 Å². The molecular formula is C14H21NO4. The molecule has 0 radical (unpaired) electrons. The van der Waals surface area contributed by atoms with Gasteiger partial charge in [0.2, 0.25) is 0 Å². The first kappa shape index (κ1) is 14.1. The highest BCUT2D eigenvalue weighted by molar-refractivity contribution is 5.92. The Morgan fingerprint density at radius 1 is 1.63 bits per heavy atom. The van der Waals surface area contributed by atoms with Gasteiger partial charge in [0, 0.05) is 20.1 Å². The van der Waals surface area contributed by atoms with Gasteiger partial charge in [-0.25, -0.2) is 0 Å². The van der Waals surface area contributed by atoms with Crippen molar-refractivity contribution in [2.45, 2.75) is 38.8 Å². The van der Waals surface area contributed by atoms with Crippen molar-refractivity contribution in [2.75, 3.05) is 20.3 Å². The zero-order valence-corrected chi connectivity index (χ0v) is 11.7. The Hall–Kier alpha value is -1.33. The van der Waals surface area contributed by atoms with E-state index in [0.717, 1.165) is 17.7 Å². The van der Waals surface area contributed by atoms with Gasteiger partial charge < -0.3 is 19.2 Å². The Morgan fingerprint density at radius 2 is 2.37 bits per heavy atom. The van der Waals surface area contributed by atoms with Gasteiger partial charge in [-0.05, 0) is 25.0 Å². The van der Waals surface area contributed by atoms with Crippen LogP contribution in [-0.2, 0) is 11.2 Å². The van der Waals surface area contributed by atoms with Crippen LogP contribution in [0, 0.1) is 6.92 Å². The molecule has 0 aliphatic carbocycles. The number of rotatable bonds is 4. The van der Waals surface area contributed by atoms with E-state index in [4.69, 9.17) is 9.15 Å². The monoisotopic (exact) mass is 267 g/mol. The molecule has 5 heteroatoms. The molecule has 5 nitrogen and oxygen atoms in total. The summed E-state index contributed by atoms with van der Waals surface area (Å²) in [6, 6.07) is 1.59. The highest BCUT2D eigenvalue weighted by Crippen LogP contribution is 2.24. The molecule has 0 aromatic carbocycles. The second-order valence-corrected chi connectivity index (χ2v) is 4.96. The Balaban J connectivity index is 2.18. The molecule has 0 unspecified atom stereocenters. The number of hydrogen-bond acceptors (Lipinski definition) is 4. The molecule has 19 heavy (non-hydrogen) atoms. The average molecular weight is 267 g/mol. The maximum Gasteiger partial charge on any atom is 0.289 e. The quantitative estimate of drug-likeness (QED) is 0.895. The molecule has 0 bridgehead atoms. The average Bonchev–Trinajstić information content (AvgIpc) is 3.00. The molecule has 1 amide bonds. The highest BCUT2D eigenvalue weighted by Gasteiger charge is 2.36. The lowest BCUT2D eigenvalue weighted by Gasteiger charge is -2.21. The summed E-state index contributed by atoms with van der Waals surface area (Å²) < 4.78 is 10.9. The van der Waals surface area contributed by atoms with E-state index in [9.17, 15) is 9.90 Å². The minimum atomic E-state index is -0.187. The summed E-state index contributed by atoms with van der Waals surface area (Å²) in [5.41, 5.74) is 0.994. The molecule has 2 atom stereocenters. The van der Waals surface area contributed by atoms with Gasteiger partial charge in [-0.15, -0.1) is 0 Å². The Bertz CT molecular complexity index is 454. The summed E-state index contributed by atoms with van der Waals surface area (Å²) >= 11 is 0. The number of aliphatic hydroxyl groups excluding tert-OH is 1. The van der Waals surface area contributed by atoms with Crippen molar-refractivity contribution in [1.82, 2.24) is 4.90 Å². The van der Waals surface area contributed by atoms with Crippen molar-refractivity contribution in [1.29, 1.82) is 0 Å². The molecule has 1 fully saturated rings. The molecule has 1 aliphatic heterocycles. The topological polar surface area (TPSA) is 62.9 Å². The lowest BCUT2D eigenvalue weighted by atomic mass is 10.2. The Kier molecular flexibility index (Phi) is 4.27. The van der Waals surface area contributed by atoms with E-state index in [1.807, 2.05) is 13.8 Å². The zero-order chi connectivity index (χ0) is 14.0. The fourth-order valence-corrected chi connectivity index (χ4v) is 2.58. The summed E-state index contributed by atoms with van der Waals surface area (Å²) in [7, 11) is 1.62. The first-order valence-electron chi connectivity index (χ1n) is 6.64. The number of likely N-dealkylation sites (tertiary alicyclic amines) is 1. The maximum atomic E-state index is 12.4. The minimum absolute atomic E-state index is 0.0113. The summed E-state index contributed by atoms with van der Waals surface area (Å²) in [4.78, 5) is 14.1. The van der Waals surface area contributed by atoms with Crippen molar-refractivity contribution < 1.29 is 19.1 Å². The molecule has 1 N–H and O–H groups in total. The second kappa shape index (κ2) is 5.75. The predicted octanol–water partition coefficient (Wildman–Crippen LogP) is 1.37. The first-order valence-corrected chi connectivity index (χ1v) is 6.64. The lowest BCUT2D eigenvalue weighted by molar-refractivity contribution is 0.0615. The van der Waals surface area contributed by atoms with Crippen molar-refractivity contribution in [3.63, 3.8) is 0 Å². The van der Waals surface area contributed by atoms with Crippen molar-refractivity contribution >= 4 is 5.91 Å². The standard InChI is InChI=1S/C14H21NO4/c1-4-12-9(2)5-13(19-12)14(17)15-7-11(18-3)6-10(15)8-16/h5,10-11,16H,4,6-8H2,1-3H3/t10-,11+/m0/s1. The third-order valence-electron chi connectivity index (χ3n) is 3.73. The number of aryl methyl sites for hydroxylation is 2. The summed E-state index contributed by atoms with van der Waals surface area (Å²) in [6.45, 7) is 4.38. The van der Waals surface area contributed by atoms with Crippen LogP contribution >= 0.6 is 0 Å². The van der Waals surface area contributed by atoms with Crippen molar-refractivity contribution in [3.05, 3.63) is 23.2 Å². The molecule has 106 valence electrons. The van der Waals surface area contributed by atoms with Gasteiger partial charge in [-0.3, -0.25) is 4.79 Å². The van der Waals surface area contributed by atoms with E-state index in [0.29, 0.717) is 18.7 Å². The van der Waals surface area contributed by atoms with Gasteiger partial charge in [0.15, 0.2) is 5.76 Å². The first-order chi connectivity index (χ1) is 9.10. The van der Waals surface area contributed by atoms with Crippen LogP contribution in [0.15, 0.2) is 10.5 Å². The van der Waals surface area contributed by atoms with Crippen LogP contribution in [-0.4, -0.2) is 48.3 Å². The molecule has 1 aromatic rings. The number of carbonyl (C=O) groups excluding carboxylic acids is 1. The van der Waals surface area contributed by atoms with E-state index in [2.05, 4.69) is 0 Å². The number of carbonyl (C=O) groups is 1. The minimum Gasteiger partial charge on any atom is -0.456 e. The lowest BCUT2D eigenvalue weighted by Crippen LogP contribution is -2.37. The van der Waals surface area contributed by atoms with E-state index in [1.54, 1.807) is 18.1 Å². The zero-order valence-electron chi connectivity index (χ0n) is 11.7. The fourth-order valence-electron chi connectivity index (χ4n) is 2.58. The SMILES string of the molecule is CCc1oc(C(=O)N2C[C@H](OC)C[C@H]2CO)cc1C. The summed E-state index contributed by atoms with van der Waals surface area (Å²) in [5.74, 6) is 1.03. The number of hydrogen-bond donors (Lipinski definition) is 1. The van der Waals surface area contributed by atoms with E-state index in [-0.39, 0.29) is 24.7 Å². The van der Waals surface area contributed by atoms with Gasteiger partial charge in [0.05, 0.1) is 18.8 Å². The molecular weight excluding hydrogens is 246 g/mol. The van der Waals surface area contributed by atoms with E-state index in [1.165, 1.54) is 0 Å². The Labute approximate surface area is 113 Å². The molecule has 0 saturated carbocycles. The van der Waals surface area contributed by atoms with Crippen molar-refractivity contribution in [2.24, 2.45) is 0 Å². The second-order valence-electron chi connectivity index (χ2n) is 4.96. The van der Waals surface area contributed by atoms with Gasteiger partial charge in [0.1, 0.15) is 5.76 Å². The number of methoxy groups -OCH3 is 1. The van der Waals surface area contributed by atoms with Crippen LogP contribution in [0.4, 0.5) is 0 Å². The fraction of sp³-hybridized carbons (Fsp3) is 0.643. The van der Waals surface area contributed by atoms with Crippen LogP contribution in [0.1, 0.15) is 35.2 Å². The van der Waals surface area contributed by atoms with Gasteiger partial charge in [-0.2, -0.15) is 0 Å². The molecule has 2 heterocycles. The van der Waals surface area contributed by atoms with Crippen LogP contribution < -0.4 is 0 Å². The van der Waals surface area contributed by atoms with Crippen LogP contribution in [0.25, 0.3) is 0 Å². The number of ether oxygens (including phenoxy) is 1. The molecule has 1 saturated heterocycles. The maximum absolute atomic E-state index is 12.4. The van der Waals surface area contributed by atoms with Crippen molar-refractivity contribution in [3.8, 4) is 0 Å². The molecule has 2 rings (SSSR count). The third kappa shape index (κ3) is 2.67. The van der Waals surface area contributed by atoms with Crippen LogP contribution in [0.5, 0.6) is 0 Å². The number of nitrogens with zero attached hydrogens (tertiary/aromatic N) is 1. The normalized spacial score (nSPS) is 23.1. The van der Waals surface area contributed by atoms with E-state index < -0.39 is 0 Å². The number of amides is 1. The third-order valence-corrected chi connectivity index (χ3v) is 3.73. The van der Waals surface area contributed by atoms with E-state index >= 15 is 0 Å². The van der Waals surface area contributed by atoms with Crippen LogP contribution in [0.2, 0.25) is 0 Å². The largest absolute Gasteiger partial charge is 0.456 e. The highest BCUT2D eigenvalue weighted by atomic mass is 16.5. The number of furan rings is 1. The van der Waals surface area contributed by atoms with Gasteiger partial charge >= 0.3 is 0 Å².